The monoisotopic (exact) mass is 234 g/mol. The van der Waals surface area contributed by atoms with E-state index in [2.05, 4.69) is 58.6 Å². The SMILES string of the molecule is C=CCc1nccn1-c1cccc2ccccc12. The highest BCUT2D eigenvalue weighted by atomic mass is 15.1. The van der Waals surface area contributed by atoms with Gasteiger partial charge < -0.3 is 4.57 Å². The zero-order valence-electron chi connectivity index (χ0n) is 10.1. The molecule has 0 saturated carbocycles. The third-order valence-corrected chi connectivity index (χ3v) is 3.07. The van der Waals surface area contributed by atoms with Crippen molar-refractivity contribution >= 4 is 10.8 Å². The van der Waals surface area contributed by atoms with Crippen molar-refractivity contribution in [1.82, 2.24) is 9.55 Å². The van der Waals surface area contributed by atoms with Crippen LogP contribution in [0.15, 0.2) is 67.5 Å². The van der Waals surface area contributed by atoms with Gasteiger partial charge in [-0.05, 0) is 11.5 Å². The summed E-state index contributed by atoms with van der Waals surface area (Å²) in [6.07, 6.45) is 6.49. The van der Waals surface area contributed by atoms with Crippen molar-refractivity contribution in [2.45, 2.75) is 6.42 Å². The highest BCUT2D eigenvalue weighted by Gasteiger charge is 2.06. The summed E-state index contributed by atoms with van der Waals surface area (Å²) < 4.78 is 2.13. The van der Waals surface area contributed by atoms with Gasteiger partial charge in [-0.2, -0.15) is 0 Å². The molecule has 0 N–H and O–H groups in total. The quantitative estimate of drug-likeness (QED) is 0.631. The Kier molecular flexibility index (Phi) is 2.69. The van der Waals surface area contributed by atoms with Crippen molar-refractivity contribution < 1.29 is 0 Å². The van der Waals surface area contributed by atoms with Gasteiger partial charge in [0.15, 0.2) is 0 Å². The molecule has 2 heteroatoms. The maximum atomic E-state index is 4.38. The first-order valence-electron chi connectivity index (χ1n) is 6.01. The van der Waals surface area contributed by atoms with Crippen LogP contribution in [0.1, 0.15) is 5.82 Å². The van der Waals surface area contributed by atoms with Crippen LogP contribution in [0.5, 0.6) is 0 Å². The summed E-state index contributed by atoms with van der Waals surface area (Å²) in [5, 5.41) is 2.48. The molecule has 18 heavy (non-hydrogen) atoms. The number of benzene rings is 2. The summed E-state index contributed by atoms with van der Waals surface area (Å²) in [7, 11) is 0. The van der Waals surface area contributed by atoms with Crippen LogP contribution in [0.25, 0.3) is 16.5 Å². The fraction of sp³-hybridized carbons (Fsp3) is 0.0625. The molecule has 0 radical (unpaired) electrons. The second kappa shape index (κ2) is 4.49. The molecule has 0 spiro atoms. The molecular formula is C16H14N2. The van der Waals surface area contributed by atoms with Gasteiger partial charge in [-0.1, -0.05) is 42.5 Å². The van der Waals surface area contributed by atoms with Gasteiger partial charge in [-0.3, -0.25) is 0 Å². The van der Waals surface area contributed by atoms with Crippen LogP contribution in [-0.4, -0.2) is 9.55 Å². The number of allylic oxidation sites excluding steroid dienone is 1. The molecule has 0 bridgehead atoms. The molecule has 1 aromatic heterocycles. The summed E-state index contributed by atoms with van der Waals surface area (Å²) in [5.41, 5.74) is 1.17. The Morgan fingerprint density at radius 2 is 1.94 bits per heavy atom. The van der Waals surface area contributed by atoms with Crippen molar-refractivity contribution in [2.24, 2.45) is 0 Å². The highest BCUT2D eigenvalue weighted by molar-refractivity contribution is 5.90. The van der Waals surface area contributed by atoms with Crippen LogP contribution >= 0.6 is 0 Å². The first kappa shape index (κ1) is 10.8. The van der Waals surface area contributed by atoms with Gasteiger partial charge >= 0.3 is 0 Å². The summed E-state index contributed by atoms with van der Waals surface area (Å²) in [4.78, 5) is 4.38. The molecular weight excluding hydrogens is 220 g/mol. The summed E-state index contributed by atoms with van der Waals surface area (Å²) in [6.45, 7) is 3.78. The normalized spacial score (nSPS) is 10.7. The largest absolute Gasteiger partial charge is 0.303 e. The third kappa shape index (κ3) is 1.72. The maximum absolute atomic E-state index is 4.38. The molecule has 1 heterocycles. The Morgan fingerprint density at radius 1 is 1.11 bits per heavy atom. The van der Waals surface area contributed by atoms with Gasteiger partial charge in [0.25, 0.3) is 0 Å². The zero-order chi connectivity index (χ0) is 12.4. The molecule has 0 saturated heterocycles. The van der Waals surface area contributed by atoms with Crippen LogP contribution in [0, 0.1) is 0 Å². The lowest BCUT2D eigenvalue weighted by molar-refractivity contribution is 0.935. The van der Waals surface area contributed by atoms with Crippen molar-refractivity contribution in [3.8, 4) is 5.69 Å². The van der Waals surface area contributed by atoms with Gasteiger partial charge in [-0.15, -0.1) is 6.58 Å². The van der Waals surface area contributed by atoms with Crippen LogP contribution in [0.3, 0.4) is 0 Å². The number of aromatic nitrogens is 2. The molecule has 88 valence electrons. The van der Waals surface area contributed by atoms with E-state index < -0.39 is 0 Å². The molecule has 0 amide bonds. The van der Waals surface area contributed by atoms with Gasteiger partial charge in [0.2, 0.25) is 0 Å². The molecule has 0 atom stereocenters. The molecule has 0 aliphatic rings. The van der Waals surface area contributed by atoms with Crippen molar-refractivity contribution in [2.75, 3.05) is 0 Å². The van der Waals surface area contributed by atoms with E-state index >= 15 is 0 Å². The smallest absolute Gasteiger partial charge is 0.117 e. The molecule has 3 aromatic rings. The number of fused-ring (bicyclic) bond motifs is 1. The number of nitrogens with zero attached hydrogens (tertiary/aromatic N) is 2. The molecule has 2 nitrogen and oxygen atoms in total. The minimum atomic E-state index is 0.774. The van der Waals surface area contributed by atoms with E-state index in [0.29, 0.717) is 0 Å². The fourth-order valence-electron chi connectivity index (χ4n) is 2.25. The van der Waals surface area contributed by atoms with E-state index in [-0.39, 0.29) is 0 Å². The minimum Gasteiger partial charge on any atom is -0.303 e. The molecule has 0 aliphatic heterocycles. The highest BCUT2D eigenvalue weighted by Crippen LogP contribution is 2.23. The lowest BCUT2D eigenvalue weighted by Crippen LogP contribution is -1.99. The number of rotatable bonds is 3. The Morgan fingerprint density at radius 3 is 2.83 bits per heavy atom. The zero-order valence-corrected chi connectivity index (χ0v) is 10.1. The van der Waals surface area contributed by atoms with E-state index in [9.17, 15) is 0 Å². The molecule has 0 fully saturated rings. The molecule has 3 rings (SSSR count). The lowest BCUT2D eigenvalue weighted by Gasteiger charge is -2.10. The summed E-state index contributed by atoms with van der Waals surface area (Å²) in [5.74, 6) is 1.02. The van der Waals surface area contributed by atoms with Crippen molar-refractivity contribution in [3.05, 3.63) is 73.3 Å². The van der Waals surface area contributed by atoms with E-state index in [1.807, 2.05) is 18.5 Å². The maximum Gasteiger partial charge on any atom is 0.117 e. The molecule has 0 aliphatic carbocycles. The topological polar surface area (TPSA) is 17.8 Å². The average Bonchev–Trinajstić information content (AvgIpc) is 2.87. The summed E-state index contributed by atoms with van der Waals surface area (Å²) in [6, 6.07) is 14.7. The molecule has 2 aromatic carbocycles. The Hall–Kier alpha value is -2.35. The van der Waals surface area contributed by atoms with E-state index in [0.717, 1.165) is 12.2 Å². The predicted octanol–water partition coefficient (Wildman–Crippen LogP) is 3.75. The minimum absolute atomic E-state index is 0.774. The van der Waals surface area contributed by atoms with Gasteiger partial charge in [-0.25, -0.2) is 4.98 Å². The standard InChI is InChI=1S/C16H14N2/c1-2-6-16-17-11-12-18(16)15-10-5-8-13-7-3-4-9-14(13)15/h2-5,7-12H,1,6H2. The predicted molar refractivity (Wildman–Crippen MR) is 75.0 cm³/mol. The van der Waals surface area contributed by atoms with Crippen molar-refractivity contribution in [3.63, 3.8) is 0 Å². The van der Waals surface area contributed by atoms with Gasteiger partial charge in [0.1, 0.15) is 5.82 Å². The lowest BCUT2D eigenvalue weighted by atomic mass is 10.1. The van der Waals surface area contributed by atoms with Crippen molar-refractivity contribution in [1.29, 1.82) is 0 Å². The average molecular weight is 234 g/mol. The third-order valence-electron chi connectivity index (χ3n) is 3.07. The Labute approximate surface area is 106 Å². The Balaban J connectivity index is 2.25. The van der Waals surface area contributed by atoms with Crippen LogP contribution in [0.4, 0.5) is 0 Å². The number of imidazole rings is 1. The number of hydrogen-bond acceptors (Lipinski definition) is 1. The first-order chi connectivity index (χ1) is 8.90. The second-order valence-electron chi connectivity index (χ2n) is 4.20. The summed E-state index contributed by atoms with van der Waals surface area (Å²) >= 11 is 0. The van der Waals surface area contributed by atoms with Gasteiger partial charge in [0, 0.05) is 24.2 Å². The Bertz CT molecular complexity index is 690. The molecule has 0 unspecified atom stereocenters. The van der Waals surface area contributed by atoms with Gasteiger partial charge in [0.05, 0.1) is 5.69 Å². The second-order valence-corrected chi connectivity index (χ2v) is 4.20. The van der Waals surface area contributed by atoms with Crippen LogP contribution < -0.4 is 0 Å². The number of hydrogen-bond donors (Lipinski definition) is 0. The fourth-order valence-corrected chi connectivity index (χ4v) is 2.25. The van der Waals surface area contributed by atoms with Crippen LogP contribution in [-0.2, 0) is 6.42 Å². The first-order valence-corrected chi connectivity index (χ1v) is 6.01. The van der Waals surface area contributed by atoms with E-state index in [1.165, 1.54) is 16.5 Å². The van der Waals surface area contributed by atoms with E-state index in [4.69, 9.17) is 0 Å². The van der Waals surface area contributed by atoms with Crippen LogP contribution in [0.2, 0.25) is 0 Å². The van der Waals surface area contributed by atoms with E-state index in [1.54, 1.807) is 0 Å².